The molecule has 8 heteroatoms. The summed E-state index contributed by atoms with van der Waals surface area (Å²) in [7, 11) is 5.37. The Bertz CT molecular complexity index is 1110. The number of carboxylic acids is 1. The van der Waals surface area contributed by atoms with Crippen molar-refractivity contribution in [1.29, 1.82) is 0 Å². The van der Waals surface area contributed by atoms with Gasteiger partial charge in [0.05, 0.1) is 40.3 Å². The summed E-state index contributed by atoms with van der Waals surface area (Å²) in [4.78, 5) is 36.6. The molecule has 2 atom stereocenters. The number of quaternary nitrogens is 1. The number of rotatable bonds is 36. The zero-order valence-corrected chi connectivity index (χ0v) is 34.9. The molecule has 0 spiro atoms. The van der Waals surface area contributed by atoms with E-state index in [1.165, 1.54) is 32.1 Å². The fourth-order valence-electron chi connectivity index (χ4n) is 5.58. The number of nitrogens with zero attached hydrogens (tertiary/aromatic N) is 1. The van der Waals surface area contributed by atoms with Crippen LogP contribution in [0.15, 0.2) is 72.9 Å². The van der Waals surface area contributed by atoms with Crippen LogP contribution >= 0.6 is 0 Å². The second-order valence-corrected chi connectivity index (χ2v) is 14.8. The molecule has 0 amide bonds. The lowest BCUT2D eigenvalue weighted by atomic mass is 10.1. The average Bonchev–Trinajstić information content (AvgIpc) is 3.12. The maximum Gasteiger partial charge on any atom is 0.306 e. The number of esters is 2. The van der Waals surface area contributed by atoms with Crippen molar-refractivity contribution in [1.82, 2.24) is 0 Å². The minimum absolute atomic E-state index is 0.0207. The van der Waals surface area contributed by atoms with E-state index < -0.39 is 18.1 Å². The average molecular weight is 756 g/mol. The number of carbonyl (C=O) groups excluding carboxylic acids is 3. The van der Waals surface area contributed by atoms with Crippen LogP contribution in [0.3, 0.4) is 0 Å². The number of unbranched alkanes of at least 4 members (excludes halogenated alkanes) is 10. The molecule has 8 nitrogen and oxygen atoms in total. The van der Waals surface area contributed by atoms with Crippen LogP contribution in [0.4, 0.5) is 0 Å². The third-order valence-electron chi connectivity index (χ3n) is 8.84. The van der Waals surface area contributed by atoms with Gasteiger partial charge in [0.25, 0.3) is 0 Å². The lowest BCUT2D eigenvalue weighted by molar-refractivity contribution is -0.889. The quantitative estimate of drug-likeness (QED) is 0.0272. The van der Waals surface area contributed by atoms with E-state index in [0.29, 0.717) is 12.8 Å². The van der Waals surface area contributed by atoms with Gasteiger partial charge < -0.3 is 28.6 Å². The largest absolute Gasteiger partial charge is 0.544 e. The van der Waals surface area contributed by atoms with Crippen molar-refractivity contribution in [3.05, 3.63) is 72.9 Å². The number of carbonyl (C=O) groups is 3. The van der Waals surface area contributed by atoms with Gasteiger partial charge in [0, 0.05) is 19.3 Å². The number of allylic oxidation sites excluding steroid dienone is 12. The molecule has 0 aromatic carbocycles. The Kier molecular flexibility index (Phi) is 34.5. The highest BCUT2D eigenvalue weighted by Gasteiger charge is 2.25. The first-order chi connectivity index (χ1) is 26.1. The summed E-state index contributed by atoms with van der Waals surface area (Å²) in [5.74, 6) is -1.83. The van der Waals surface area contributed by atoms with Crippen LogP contribution in [0.5, 0.6) is 0 Å². The van der Waals surface area contributed by atoms with Crippen molar-refractivity contribution >= 4 is 17.9 Å². The van der Waals surface area contributed by atoms with Crippen LogP contribution in [0, 0.1) is 0 Å². The highest BCUT2D eigenvalue weighted by Crippen LogP contribution is 2.12. The van der Waals surface area contributed by atoms with Crippen LogP contribution in [0.1, 0.15) is 149 Å². The summed E-state index contributed by atoms with van der Waals surface area (Å²) in [5, 5.41) is 11.6. The van der Waals surface area contributed by atoms with Gasteiger partial charge in [-0.2, -0.15) is 0 Å². The Hall–Kier alpha value is -3.23. The van der Waals surface area contributed by atoms with Crippen LogP contribution in [-0.4, -0.2) is 75.5 Å². The molecule has 0 aliphatic heterocycles. The monoisotopic (exact) mass is 756 g/mol. The Labute approximate surface area is 330 Å². The normalized spacial score (nSPS) is 13.7. The van der Waals surface area contributed by atoms with Crippen molar-refractivity contribution in [2.45, 2.75) is 161 Å². The topological polar surface area (TPSA) is 102 Å². The van der Waals surface area contributed by atoms with Crippen LogP contribution in [0.2, 0.25) is 0 Å². The van der Waals surface area contributed by atoms with Gasteiger partial charge in [0.15, 0.2) is 6.10 Å². The fraction of sp³-hybridized carbons (Fsp3) is 0.674. The first-order valence-electron chi connectivity index (χ1n) is 21.0. The molecule has 0 rings (SSSR count). The summed E-state index contributed by atoms with van der Waals surface area (Å²) in [6.07, 6.45) is 45.3. The van der Waals surface area contributed by atoms with E-state index in [1.807, 2.05) is 6.08 Å². The van der Waals surface area contributed by atoms with Crippen molar-refractivity contribution in [2.24, 2.45) is 0 Å². The van der Waals surface area contributed by atoms with E-state index in [1.54, 1.807) is 21.1 Å². The number of hydrogen-bond acceptors (Lipinski definition) is 7. The van der Waals surface area contributed by atoms with Gasteiger partial charge in [-0.15, -0.1) is 0 Å². The summed E-state index contributed by atoms with van der Waals surface area (Å²) >= 11 is 0. The van der Waals surface area contributed by atoms with Gasteiger partial charge in [-0.1, -0.05) is 132 Å². The van der Waals surface area contributed by atoms with Gasteiger partial charge >= 0.3 is 11.9 Å². The Balaban J connectivity index is 4.28. The van der Waals surface area contributed by atoms with Gasteiger partial charge in [0.1, 0.15) is 12.6 Å². The van der Waals surface area contributed by atoms with Gasteiger partial charge in [-0.05, 0) is 70.6 Å². The van der Waals surface area contributed by atoms with E-state index in [0.717, 1.165) is 77.0 Å². The molecule has 0 heterocycles. The van der Waals surface area contributed by atoms with Crippen molar-refractivity contribution in [3.8, 4) is 0 Å². The number of ether oxygens (including phenoxy) is 3. The van der Waals surface area contributed by atoms with E-state index in [2.05, 4.69) is 80.7 Å². The highest BCUT2D eigenvalue weighted by atomic mass is 16.6. The second kappa shape index (κ2) is 36.7. The summed E-state index contributed by atoms with van der Waals surface area (Å²) in [6.45, 7) is 4.40. The van der Waals surface area contributed by atoms with E-state index >= 15 is 0 Å². The standard InChI is InChI=1S/C46H77NO7/c1-6-8-10-12-14-15-16-17-18-19-20-21-22-23-24-25-26-27-28-29-31-33-35-37-45(49)54-42(40-52-39-38-43(46(50)51)47(3,4)5)41-53-44(48)36-34-32-30-13-11-9-7-2/h8,10,14-15,17-18,20-21,23-24,30,32,42-43H,6-7,9,11-13,16,19,22,25-29,31,33-41H2,1-5H3/b10-8+,15-14+,18-17+,21-20+,24-23+,32-30+. The van der Waals surface area contributed by atoms with Gasteiger partial charge in [0.2, 0.25) is 0 Å². The summed E-state index contributed by atoms with van der Waals surface area (Å²) < 4.78 is 17.0. The molecule has 0 aromatic rings. The molecule has 0 aliphatic rings. The molecule has 0 fully saturated rings. The van der Waals surface area contributed by atoms with Crippen molar-refractivity contribution in [3.63, 3.8) is 0 Å². The predicted octanol–water partition coefficient (Wildman–Crippen LogP) is 9.85. The lowest BCUT2D eigenvalue weighted by Crippen LogP contribution is -2.55. The summed E-state index contributed by atoms with van der Waals surface area (Å²) in [6, 6.07) is -0.734. The molecule has 0 saturated heterocycles. The predicted molar refractivity (Wildman–Crippen MR) is 222 cm³/mol. The lowest BCUT2D eigenvalue weighted by Gasteiger charge is -2.34. The Morgan fingerprint density at radius 2 is 1.07 bits per heavy atom. The number of likely N-dealkylation sites (N-methyl/N-ethyl adjacent to an activating group) is 1. The third kappa shape index (κ3) is 34.5. The first kappa shape index (κ1) is 50.8. The van der Waals surface area contributed by atoms with Crippen LogP contribution in [-0.2, 0) is 28.6 Å². The number of aliphatic carboxylic acids is 1. The minimum atomic E-state index is -1.14. The minimum Gasteiger partial charge on any atom is -0.544 e. The smallest absolute Gasteiger partial charge is 0.306 e. The first-order valence-corrected chi connectivity index (χ1v) is 21.0. The molecule has 0 radical (unpaired) electrons. The van der Waals surface area contributed by atoms with E-state index in [-0.39, 0.29) is 49.1 Å². The maximum absolute atomic E-state index is 12.7. The number of hydrogen-bond donors (Lipinski definition) is 0. The SMILES string of the molecule is CC/C=C/C/C=C/C/C=C/C/C=C/C/C=C/CCCCCCCCCC(=O)OC(COCCC(C(=O)[O-])[N+](C)(C)C)COC(=O)CC/C=C/CCCCC. The molecule has 0 aromatic heterocycles. The highest BCUT2D eigenvalue weighted by molar-refractivity contribution is 5.70. The molecule has 2 unspecified atom stereocenters. The van der Waals surface area contributed by atoms with Gasteiger partial charge in [-0.25, -0.2) is 0 Å². The molecule has 0 N–H and O–H groups in total. The van der Waals surface area contributed by atoms with Gasteiger partial charge in [-0.3, -0.25) is 9.59 Å². The molecule has 54 heavy (non-hydrogen) atoms. The molecular weight excluding hydrogens is 679 g/mol. The van der Waals surface area contributed by atoms with Crippen LogP contribution < -0.4 is 5.11 Å². The van der Waals surface area contributed by atoms with Crippen molar-refractivity contribution in [2.75, 3.05) is 41.0 Å². The number of carboxylic acid groups (broad SMARTS) is 1. The zero-order chi connectivity index (χ0) is 40.0. The molecule has 0 bridgehead atoms. The summed E-state index contributed by atoms with van der Waals surface area (Å²) in [5.41, 5.74) is 0. The maximum atomic E-state index is 12.7. The van der Waals surface area contributed by atoms with Crippen LogP contribution in [0.25, 0.3) is 0 Å². The Morgan fingerprint density at radius 3 is 1.63 bits per heavy atom. The third-order valence-corrected chi connectivity index (χ3v) is 8.84. The molecule has 0 aliphatic carbocycles. The van der Waals surface area contributed by atoms with Crippen molar-refractivity contribution < 1.29 is 38.2 Å². The van der Waals surface area contributed by atoms with E-state index in [9.17, 15) is 19.5 Å². The fourth-order valence-corrected chi connectivity index (χ4v) is 5.58. The molecular formula is C46H77NO7. The molecule has 0 saturated carbocycles. The zero-order valence-electron chi connectivity index (χ0n) is 34.9. The molecule has 308 valence electrons. The Morgan fingerprint density at radius 1 is 0.574 bits per heavy atom. The van der Waals surface area contributed by atoms with E-state index in [4.69, 9.17) is 14.2 Å². The second-order valence-electron chi connectivity index (χ2n) is 14.8.